The van der Waals surface area contributed by atoms with Crippen molar-refractivity contribution in [3.8, 4) is 0 Å². The summed E-state index contributed by atoms with van der Waals surface area (Å²) in [6.07, 6.45) is 0. The van der Waals surface area contributed by atoms with Crippen molar-refractivity contribution in [3.05, 3.63) is 45.8 Å². The van der Waals surface area contributed by atoms with Crippen molar-refractivity contribution in [2.24, 2.45) is 0 Å². The van der Waals surface area contributed by atoms with Gasteiger partial charge >= 0.3 is 0 Å². The van der Waals surface area contributed by atoms with Crippen LogP contribution in [0.1, 0.15) is 34.6 Å². The molecular weight excluding hydrogens is 246 g/mol. The average molecular weight is 261 g/mol. The second-order valence-electron chi connectivity index (χ2n) is 4.17. The van der Waals surface area contributed by atoms with Gasteiger partial charge in [0.2, 0.25) is 0 Å². The average Bonchev–Trinajstić information content (AvgIpc) is 2.80. The van der Waals surface area contributed by atoms with Crippen LogP contribution >= 0.6 is 11.3 Å². The number of nitrogens with one attached hydrogen (secondary N) is 1. The van der Waals surface area contributed by atoms with E-state index < -0.39 is 0 Å². The van der Waals surface area contributed by atoms with E-state index >= 15 is 0 Å². The number of nitrogen functional groups attached to an aromatic ring is 1. The molecule has 2 rings (SSSR count). The van der Waals surface area contributed by atoms with Crippen LogP contribution in [0.5, 0.6) is 0 Å². The summed E-state index contributed by atoms with van der Waals surface area (Å²) < 4.78 is 0. The highest BCUT2D eigenvalue weighted by Gasteiger charge is 2.12. The zero-order valence-electron chi connectivity index (χ0n) is 10.3. The molecule has 94 valence electrons. The third-order valence-corrected chi connectivity index (χ3v) is 3.33. The summed E-state index contributed by atoms with van der Waals surface area (Å²) in [5.74, 6) is 0.231. The number of hydrogen-bond donors (Lipinski definition) is 2. The van der Waals surface area contributed by atoms with Crippen LogP contribution in [0, 0.1) is 6.92 Å². The number of aryl methyl sites for hydroxylation is 1. The number of aromatic nitrogens is 1. The predicted molar refractivity (Wildman–Crippen MR) is 73.6 cm³/mol. The smallest absolute Gasteiger partial charge is 0.251 e. The molecule has 0 bridgehead atoms. The highest BCUT2D eigenvalue weighted by molar-refractivity contribution is 7.07. The van der Waals surface area contributed by atoms with E-state index in [0.29, 0.717) is 11.4 Å². The molecule has 0 fully saturated rings. The van der Waals surface area contributed by atoms with Gasteiger partial charge in [0.25, 0.3) is 5.91 Å². The number of carbonyl (C=O) groups is 1. The number of pyridine rings is 1. The molecule has 2 heterocycles. The molecule has 1 amide bonds. The van der Waals surface area contributed by atoms with Crippen molar-refractivity contribution in [1.29, 1.82) is 0 Å². The molecule has 18 heavy (non-hydrogen) atoms. The lowest BCUT2D eigenvalue weighted by Crippen LogP contribution is -2.26. The van der Waals surface area contributed by atoms with Gasteiger partial charge in [0.15, 0.2) is 0 Å². The number of hydrogen-bond acceptors (Lipinski definition) is 4. The Labute approximate surface area is 110 Å². The standard InChI is InChI=1S/C13H15N3OS/c1-8-5-11(6-12(14)15-8)13(17)16-9(2)10-3-4-18-7-10/h3-7,9H,1-2H3,(H2,14,15)(H,16,17). The molecule has 5 heteroatoms. The SMILES string of the molecule is Cc1cc(C(=O)NC(C)c2ccsc2)cc(N)n1. The highest BCUT2D eigenvalue weighted by atomic mass is 32.1. The fourth-order valence-electron chi connectivity index (χ4n) is 1.71. The topological polar surface area (TPSA) is 68.0 Å². The van der Waals surface area contributed by atoms with Gasteiger partial charge in [-0.1, -0.05) is 0 Å². The summed E-state index contributed by atoms with van der Waals surface area (Å²) in [6, 6.07) is 5.30. The van der Waals surface area contributed by atoms with Crippen molar-refractivity contribution >= 4 is 23.1 Å². The van der Waals surface area contributed by atoms with Gasteiger partial charge in [0, 0.05) is 11.3 Å². The van der Waals surface area contributed by atoms with E-state index in [-0.39, 0.29) is 11.9 Å². The van der Waals surface area contributed by atoms with Gasteiger partial charge in [-0.05, 0) is 48.4 Å². The number of nitrogens with two attached hydrogens (primary N) is 1. The molecular formula is C13H15N3OS. The molecule has 2 aromatic rings. The maximum atomic E-state index is 12.1. The summed E-state index contributed by atoms with van der Waals surface area (Å²) in [6.45, 7) is 3.77. The quantitative estimate of drug-likeness (QED) is 0.892. The Balaban J connectivity index is 2.12. The number of carbonyl (C=O) groups excluding carboxylic acids is 1. The molecule has 0 saturated carbocycles. The second kappa shape index (κ2) is 5.18. The van der Waals surface area contributed by atoms with Crippen LogP contribution in [0.25, 0.3) is 0 Å². The van der Waals surface area contributed by atoms with Crippen LogP contribution < -0.4 is 11.1 Å². The van der Waals surface area contributed by atoms with E-state index in [4.69, 9.17) is 5.73 Å². The lowest BCUT2D eigenvalue weighted by molar-refractivity contribution is 0.0940. The Kier molecular flexibility index (Phi) is 3.62. The van der Waals surface area contributed by atoms with Crippen molar-refractivity contribution in [2.75, 3.05) is 5.73 Å². The van der Waals surface area contributed by atoms with Crippen molar-refractivity contribution in [2.45, 2.75) is 19.9 Å². The molecule has 0 spiro atoms. The number of rotatable bonds is 3. The molecule has 0 aliphatic heterocycles. The summed E-state index contributed by atoms with van der Waals surface area (Å²) in [4.78, 5) is 16.1. The lowest BCUT2D eigenvalue weighted by Gasteiger charge is -2.13. The maximum Gasteiger partial charge on any atom is 0.251 e. The van der Waals surface area contributed by atoms with Gasteiger partial charge in [-0.15, -0.1) is 0 Å². The monoisotopic (exact) mass is 261 g/mol. The van der Waals surface area contributed by atoms with E-state index in [2.05, 4.69) is 10.3 Å². The first kappa shape index (κ1) is 12.6. The molecule has 0 aliphatic carbocycles. The molecule has 0 radical (unpaired) electrons. The molecule has 0 saturated heterocycles. The minimum atomic E-state index is -0.133. The van der Waals surface area contributed by atoms with Crippen LogP contribution in [0.4, 0.5) is 5.82 Å². The molecule has 0 aliphatic rings. The first-order chi connectivity index (χ1) is 8.56. The predicted octanol–water partition coefficient (Wildman–Crippen LogP) is 2.52. The van der Waals surface area contributed by atoms with Gasteiger partial charge in [-0.2, -0.15) is 11.3 Å². The van der Waals surface area contributed by atoms with Crippen molar-refractivity contribution in [3.63, 3.8) is 0 Å². The van der Waals surface area contributed by atoms with E-state index in [1.54, 1.807) is 23.5 Å². The fraction of sp³-hybridized carbons (Fsp3) is 0.231. The first-order valence-corrected chi connectivity index (χ1v) is 6.57. The van der Waals surface area contributed by atoms with E-state index in [1.165, 1.54) is 0 Å². The summed E-state index contributed by atoms with van der Waals surface area (Å²) >= 11 is 1.61. The molecule has 1 atom stereocenters. The Morgan fingerprint density at radius 2 is 2.28 bits per heavy atom. The molecule has 3 N–H and O–H groups in total. The van der Waals surface area contributed by atoms with E-state index in [1.807, 2.05) is 30.7 Å². The Bertz CT molecular complexity index is 531. The van der Waals surface area contributed by atoms with Gasteiger partial charge in [0.05, 0.1) is 6.04 Å². The van der Waals surface area contributed by atoms with E-state index in [9.17, 15) is 4.79 Å². The third-order valence-electron chi connectivity index (χ3n) is 2.63. The molecule has 4 nitrogen and oxygen atoms in total. The second-order valence-corrected chi connectivity index (χ2v) is 4.95. The highest BCUT2D eigenvalue weighted by Crippen LogP contribution is 2.16. The summed E-state index contributed by atoms with van der Waals surface area (Å²) in [7, 11) is 0. The minimum absolute atomic E-state index is 0.0153. The van der Waals surface area contributed by atoms with Crippen LogP contribution in [-0.2, 0) is 0 Å². The Hall–Kier alpha value is -1.88. The molecule has 0 aromatic carbocycles. The minimum Gasteiger partial charge on any atom is -0.384 e. The largest absolute Gasteiger partial charge is 0.384 e. The zero-order chi connectivity index (χ0) is 13.1. The number of amides is 1. The third kappa shape index (κ3) is 2.87. The normalized spacial score (nSPS) is 12.1. The Morgan fingerprint density at radius 3 is 2.89 bits per heavy atom. The number of thiophene rings is 1. The van der Waals surface area contributed by atoms with Crippen molar-refractivity contribution in [1.82, 2.24) is 10.3 Å². The van der Waals surface area contributed by atoms with E-state index in [0.717, 1.165) is 11.3 Å². The van der Waals surface area contributed by atoms with Gasteiger partial charge in [-0.3, -0.25) is 4.79 Å². The molecule has 1 unspecified atom stereocenters. The van der Waals surface area contributed by atoms with Crippen LogP contribution in [0.3, 0.4) is 0 Å². The summed E-state index contributed by atoms with van der Waals surface area (Å²) in [5.41, 5.74) is 8.02. The van der Waals surface area contributed by atoms with Gasteiger partial charge in [0.1, 0.15) is 5.82 Å². The van der Waals surface area contributed by atoms with Crippen LogP contribution in [0.15, 0.2) is 29.0 Å². The van der Waals surface area contributed by atoms with Gasteiger partial charge < -0.3 is 11.1 Å². The molecule has 2 aromatic heterocycles. The summed E-state index contributed by atoms with van der Waals surface area (Å²) in [5, 5.41) is 6.95. The number of anilines is 1. The zero-order valence-corrected chi connectivity index (χ0v) is 11.1. The lowest BCUT2D eigenvalue weighted by atomic mass is 10.1. The number of nitrogens with zero attached hydrogens (tertiary/aromatic N) is 1. The van der Waals surface area contributed by atoms with Crippen LogP contribution in [0.2, 0.25) is 0 Å². The maximum absolute atomic E-state index is 12.1. The van der Waals surface area contributed by atoms with Gasteiger partial charge in [-0.25, -0.2) is 4.98 Å². The first-order valence-electron chi connectivity index (χ1n) is 5.63. The van der Waals surface area contributed by atoms with Crippen LogP contribution in [-0.4, -0.2) is 10.9 Å². The fourth-order valence-corrected chi connectivity index (χ4v) is 2.46. The Morgan fingerprint density at radius 1 is 1.50 bits per heavy atom. The van der Waals surface area contributed by atoms with Crippen molar-refractivity contribution < 1.29 is 4.79 Å².